The average molecular weight is 362 g/mol. The van der Waals surface area contributed by atoms with E-state index in [0.717, 1.165) is 11.3 Å². The summed E-state index contributed by atoms with van der Waals surface area (Å²) in [5, 5.41) is 0. The van der Waals surface area contributed by atoms with Gasteiger partial charge in [0.05, 0.1) is 13.0 Å². The number of hydrogen-bond acceptors (Lipinski definition) is 5. The van der Waals surface area contributed by atoms with E-state index in [4.69, 9.17) is 9.15 Å². The van der Waals surface area contributed by atoms with Crippen molar-refractivity contribution >= 4 is 5.97 Å². The molecule has 1 aliphatic heterocycles. The van der Waals surface area contributed by atoms with Gasteiger partial charge in [-0.2, -0.15) is 0 Å². The van der Waals surface area contributed by atoms with Crippen LogP contribution in [-0.2, 0) is 16.1 Å². The number of methoxy groups -OCH3 is 1. The fourth-order valence-electron chi connectivity index (χ4n) is 3.67. The second-order valence-corrected chi connectivity index (χ2v) is 6.82. The lowest BCUT2D eigenvalue weighted by molar-refractivity contribution is -0.146. The van der Waals surface area contributed by atoms with Crippen LogP contribution in [-0.4, -0.2) is 35.5 Å². The Bertz CT molecular complexity index is 892. The fourth-order valence-corrected chi connectivity index (χ4v) is 3.67. The van der Waals surface area contributed by atoms with E-state index in [1.165, 1.54) is 12.7 Å². The Morgan fingerprint density at radius 2 is 1.85 bits per heavy atom. The van der Waals surface area contributed by atoms with Crippen LogP contribution < -0.4 is 0 Å². The highest BCUT2D eigenvalue weighted by molar-refractivity contribution is 5.76. The molecule has 0 spiro atoms. The summed E-state index contributed by atoms with van der Waals surface area (Å²) in [5.41, 5.74) is 3.02. The van der Waals surface area contributed by atoms with Gasteiger partial charge in [-0.15, -0.1) is 0 Å². The molecule has 2 aromatic carbocycles. The molecule has 1 aromatic heterocycles. The van der Waals surface area contributed by atoms with Crippen LogP contribution in [0.15, 0.2) is 71.3 Å². The number of hydrogen-bond donors (Lipinski definition) is 0. The molecule has 2 atom stereocenters. The molecule has 4 rings (SSSR count). The molecule has 1 aliphatic rings. The number of rotatable bonds is 5. The van der Waals surface area contributed by atoms with Crippen molar-refractivity contribution in [2.75, 3.05) is 13.7 Å². The van der Waals surface area contributed by atoms with Crippen molar-refractivity contribution in [3.8, 4) is 11.3 Å². The molecule has 0 N–H and O–H groups in total. The standard InChI is InChI=1S/C22H22N2O3/c1-26-22(25)20-12-18(14-24(20)13-16-8-4-2-5-9-16)21-23-19(15-27-21)17-10-6-3-7-11-17/h2-11,15,18,20H,12-14H2,1H3/t18-,20?/m1/s1. The highest BCUT2D eigenvalue weighted by atomic mass is 16.5. The zero-order valence-electron chi connectivity index (χ0n) is 15.2. The minimum Gasteiger partial charge on any atom is -0.468 e. The number of oxazole rings is 1. The van der Waals surface area contributed by atoms with Crippen LogP contribution in [0.1, 0.15) is 23.8 Å². The molecular weight excluding hydrogens is 340 g/mol. The first-order valence-electron chi connectivity index (χ1n) is 9.11. The molecule has 0 bridgehead atoms. The molecule has 0 saturated carbocycles. The van der Waals surface area contributed by atoms with Crippen LogP contribution in [0, 0.1) is 0 Å². The molecule has 1 fully saturated rings. The Morgan fingerprint density at radius 1 is 1.15 bits per heavy atom. The molecule has 2 heterocycles. The summed E-state index contributed by atoms with van der Waals surface area (Å²) in [6.45, 7) is 1.41. The number of ether oxygens (including phenoxy) is 1. The van der Waals surface area contributed by atoms with E-state index in [-0.39, 0.29) is 17.9 Å². The maximum Gasteiger partial charge on any atom is 0.323 e. The maximum absolute atomic E-state index is 12.3. The Labute approximate surface area is 158 Å². The number of likely N-dealkylation sites (tertiary alicyclic amines) is 1. The largest absolute Gasteiger partial charge is 0.468 e. The van der Waals surface area contributed by atoms with Gasteiger partial charge in [-0.25, -0.2) is 4.98 Å². The smallest absolute Gasteiger partial charge is 0.323 e. The van der Waals surface area contributed by atoms with Crippen LogP contribution in [0.4, 0.5) is 0 Å². The average Bonchev–Trinajstić information content (AvgIpc) is 3.36. The lowest BCUT2D eigenvalue weighted by atomic mass is 10.1. The first-order chi connectivity index (χ1) is 13.2. The molecule has 0 amide bonds. The zero-order chi connectivity index (χ0) is 18.6. The Kier molecular flexibility index (Phi) is 5.03. The first-order valence-corrected chi connectivity index (χ1v) is 9.11. The van der Waals surface area contributed by atoms with Crippen LogP contribution in [0.3, 0.4) is 0 Å². The van der Waals surface area contributed by atoms with E-state index in [9.17, 15) is 4.79 Å². The van der Waals surface area contributed by atoms with Gasteiger partial charge in [-0.1, -0.05) is 60.7 Å². The molecule has 1 saturated heterocycles. The van der Waals surface area contributed by atoms with E-state index < -0.39 is 0 Å². The lowest BCUT2D eigenvalue weighted by Crippen LogP contribution is -2.36. The van der Waals surface area contributed by atoms with Crippen molar-refractivity contribution in [1.82, 2.24) is 9.88 Å². The molecule has 3 aromatic rings. The summed E-state index contributed by atoms with van der Waals surface area (Å²) in [4.78, 5) is 19.1. The molecule has 0 radical (unpaired) electrons. The predicted molar refractivity (Wildman–Crippen MR) is 102 cm³/mol. The number of nitrogens with zero attached hydrogens (tertiary/aromatic N) is 2. The van der Waals surface area contributed by atoms with Crippen LogP contribution in [0.25, 0.3) is 11.3 Å². The zero-order valence-corrected chi connectivity index (χ0v) is 15.2. The highest BCUT2D eigenvalue weighted by Crippen LogP contribution is 2.34. The van der Waals surface area contributed by atoms with Crippen LogP contribution in [0.5, 0.6) is 0 Å². The van der Waals surface area contributed by atoms with Crippen molar-refractivity contribution in [1.29, 1.82) is 0 Å². The third-order valence-corrected chi connectivity index (χ3v) is 5.05. The Hall–Kier alpha value is -2.92. The van der Waals surface area contributed by atoms with E-state index in [0.29, 0.717) is 25.4 Å². The number of carbonyl (C=O) groups excluding carboxylic acids is 1. The third-order valence-electron chi connectivity index (χ3n) is 5.05. The van der Waals surface area contributed by atoms with E-state index in [2.05, 4.69) is 22.0 Å². The molecule has 27 heavy (non-hydrogen) atoms. The topological polar surface area (TPSA) is 55.6 Å². The van der Waals surface area contributed by atoms with Gasteiger partial charge in [0.25, 0.3) is 0 Å². The SMILES string of the molecule is COC(=O)C1C[C@@H](c2nc(-c3ccccc3)co2)CN1Cc1ccccc1. The van der Waals surface area contributed by atoms with Gasteiger partial charge in [0.2, 0.25) is 0 Å². The van der Waals surface area contributed by atoms with Crippen molar-refractivity contribution < 1.29 is 13.9 Å². The summed E-state index contributed by atoms with van der Waals surface area (Å²) in [7, 11) is 1.44. The second kappa shape index (κ2) is 7.76. The van der Waals surface area contributed by atoms with Crippen molar-refractivity contribution in [2.45, 2.75) is 24.9 Å². The van der Waals surface area contributed by atoms with Gasteiger partial charge >= 0.3 is 5.97 Å². The first kappa shape index (κ1) is 17.5. The summed E-state index contributed by atoms with van der Waals surface area (Å²) in [5.74, 6) is 0.539. The maximum atomic E-state index is 12.3. The number of benzene rings is 2. The third kappa shape index (κ3) is 3.78. The van der Waals surface area contributed by atoms with Gasteiger partial charge in [-0.05, 0) is 12.0 Å². The quantitative estimate of drug-likeness (QED) is 0.645. The van der Waals surface area contributed by atoms with Crippen LogP contribution >= 0.6 is 0 Å². The number of carbonyl (C=O) groups is 1. The predicted octanol–water partition coefficient (Wildman–Crippen LogP) is 3.87. The summed E-state index contributed by atoms with van der Waals surface area (Å²) >= 11 is 0. The van der Waals surface area contributed by atoms with E-state index in [1.54, 1.807) is 6.26 Å². The molecule has 5 nitrogen and oxygen atoms in total. The van der Waals surface area contributed by atoms with E-state index in [1.807, 2.05) is 48.5 Å². The molecule has 1 unspecified atom stereocenters. The monoisotopic (exact) mass is 362 g/mol. The normalized spacial score (nSPS) is 19.9. The second-order valence-electron chi connectivity index (χ2n) is 6.82. The minimum atomic E-state index is -0.285. The van der Waals surface area contributed by atoms with Crippen molar-refractivity contribution in [3.05, 3.63) is 78.4 Å². The summed E-state index contributed by atoms with van der Waals surface area (Å²) < 4.78 is 10.8. The summed E-state index contributed by atoms with van der Waals surface area (Å²) in [6.07, 6.45) is 2.34. The lowest BCUT2D eigenvalue weighted by Gasteiger charge is -2.22. The fraction of sp³-hybridized carbons (Fsp3) is 0.273. The van der Waals surface area contributed by atoms with Gasteiger partial charge < -0.3 is 9.15 Å². The number of esters is 1. The van der Waals surface area contributed by atoms with Crippen molar-refractivity contribution in [3.63, 3.8) is 0 Å². The molecule has 5 heteroatoms. The van der Waals surface area contributed by atoms with Gasteiger partial charge in [0, 0.05) is 18.7 Å². The van der Waals surface area contributed by atoms with Crippen LogP contribution in [0.2, 0.25) is 0 Å². The van der Waals surface area contributed by atoms with E-state index >= 15 is 0 Å². The van der Waals surface area contributed by atoms with Gasteiger partial charge in [0.1, 0.15) is 18.0 Å². The van der Waals surface area contributed by atoms with Crippen molar-refractivity contribution in [2.24, 2.45) is 0 Å². The molecule has 0 aliphatic carbocycles. The highest BCUT2D eigenvalue weighted by Gasteiger charge is 2.40. The number of aromatic nitrogens is 1. The Morgan fingerprint density at radius 3 is 2.56 bits per heavy atom. The minimum absolute atomic E-state index is 0.0651. The van der Waals surface area contributed by atoms with Gasteiger partial charge in [-0.3, -0.25) is 9.69 Å². The van der Waals surface area contributed by atoms with Gasteiger partial charge in [0.15, 0.2) is 5.89 Å². The Balaban J connectivity index is 1.54. The summed E-state index contributed by atoms with van der Waals surface area (Å²) in [6, 6.07) is 19.8. The molecular formula is C22H22N2O3. The molecule has 138 valence electrons.